The number of benzene rings is 1. The van der Waals surface area contributed by atoms with Gasteiger partial charge in [0.2, 0.25) is 5.95 Å². The Bertz CT molecular complexity index is 677. The Balaban J connectivity index is 1.98. The molecular weight excluding hydrogens is 305 g/mol. The molecule has 1 fully saturated rings. The maximum absolute atomic E-state index is 12.7. The molecule has 1 saturated heterocycles. The number of aromatic nitrogens is 2. The number of nitrogens with one attached hydrogen (secondary N) is 1. The van der Waals surface area contributed by atoms with Gasteiger partial charge in [-0.15, -0.1) is 0 Å². The van der Waals surface area contributed by atoms with Crippen molar-refractivity contribution in [2.45, 2.75) is 24.9 Å². The quantitative estimate of drug-likeness (QED) is 0.891. The minimum absolute atomic E-state index is 0.182. The average Bonchev–Trinajstić information content (AvgIpc) is 2.55. The second-order valence-electron chi connectivity index (χ2n) is 5.65. The first-order valence-electron chi connectivity index (χ1n) is 7.46. The Labute approximate surface area is 131 Å². The van der Waals surface area contributed by atoms with E-state index in [0.29, 0.717) is 5.56 Å². The fourth-order valence-electron chi connectivity index (χ4n) is 2.87. The van der Waals surface area contributed by atoms with Gasteiger partial charge in [-0.1, -0.05) is 12.1 Å². The van der Waals surface area contributed by atoms with Gasteiger partial charge in [0.15, 0.2) is 0 Å². The summed E-state index contributed by atoms with van der Waals surface area (Å²) in [6.07, 6.45) is -0.751. The van der Waals surface area contributed by atoms with Crippen LogP contribution in [0.15, 0.2) is 30.5 Å². The van der Waals surface area contributed by atoms with Crippen LogP contribution in [0.4, 0.5) is 19.1 Å². The molecule has 2 aromatic rings. The van der Waals surface area contributed by atoms with Crippen molar-refractivity contribution in [2.75, 3.05) is 18.8 Å². The topological polar surface area (TPSA) is 63.8 Å². The summed E-state index contributed by atoms with van der Waals surface area (Å²) in [5.41, 5.74) is 7.23. The predicted molar refractivity (Wildman–Crippen MR) is 81.7 cm³/mol. The molecule has 0 unspecified atom stereocenters. The molecule has 23 heavy (non-hydrogen) atoms. The molecule has 0 aliphatic carbocycles. The Kier molecular flexibility index (Phi) is 4.21. The van der Waals surface area contributed by atoms with Gasteiger partial charge in [-0.2, -0.15) is 13.2 Å². The molecule has 4 nitrogen and oxygen atoms in total. The van der Waals surface area contributed by atoms with Crippen molar-refractivity contribution in [3.8, 4) is 11.1 Å². The molecule has 1 aromatic carbocycles. The number of nitrogens with zero attached hydrogens (tertiary/aromatic N) is 2. The molecule has 1 atom stereocenters. The van der Waals surface area contributed by atoms with Gasteiger partial charge in [0.05, 0.1) is 11.3 Å². The Morgan fingerprint density at radius 3 is 2.52 bits per heavy atom. The smallest absolute Gasteiger partial charge is 0.368 e. The molecule has 0 radical (unpaired) electrons. The van der Waals surface area contributed by atoms with E-state index in [4.69, 9.17) is 5.73 Å². The number of anilines is 1. The lowest BCUT2D eigenvalue weighted by molar-refractivity contribution is -0.137. The van der Waals surface area contributed by atoms with E-state index in [1.165, 1.54) is 12.1 Å². The zero-order chi connectivity index (χ0) is 16.4. The summed E-state index contributed by atoms with van der Waals surface area (Å²) in [7, 11) is 0. The molecule has 122 valence electrons. The van der Waals surface area contributed by atoms with Gasteiger partial charge in [0, 0.05) is 24.2 Å². The average molecular weight is 322 g/mol. The fraction of sp³-hybridized carbons (Fsp3) is 0.375. The molecular formula is C16H17F3N4. The van der Waals surface area contributed by atoms with Gasteiger partial charge in [-0.25, -0.2) is 9.97 Å². The third-order valence-corrected chi connectivity index (χ3v) is 4.04. The minimum Gasteiger partial charge on any atom is -0.368 e. The second-order valence-corrected chi connectivity index (χ2v) is 5.65. The van der Waals surface area contributed by atoms with Crippen molar-refractivity contribution >= 4 is 5.95 Å². The van der Waals surface area contributed by atoms with Crippen LogP contribution in [0.2, 0.25) is 0 Å². The minimum atomic E-state index is -4.34. The second kappa shape index (κ2) is 6.16. The zero-order valence-corrected chi connectivity index (χ0v) is 12.4. The maximum atomic E-state index is 12.7. The Morgan fingerprint density at radius 1 is 1.17 bits per heavy atom. The Hall–Kier alpha value is -2.15. The normalized spacial score (nSPS) is 18.8. The number of hydrogen-bond acceptors (Lipinski definition) is 4. The van der Waals surface area contributed by atoms with E-state index in [1.54, 1.807) is 6.20 Å². The first-order chi connectivity index (χ1) is 10.9. The Morgan fingerprint density at radius 2 is 1.91 bits per heavy atom. The highest BCUT2D eigenvalue weighted by molar-refractivity contribution is 5.66. The number of piperidine rings is 1. The molecule has 7 heteroatoms. The van der Waals surface area contributed by atoms with E-state index in [-0.39, 0.29) is 11.9 Å². The number of nitrogens with two attached hydrogens (primary N) is 1. The molecule has 0 spiro atoms. The van der Waals surface area contributed by atoms with Crippen molar-refractivity contribution in [3.05, 3.63) is 41.7 Å². The van der Waals surface area contributed by atoms with Crippen LogP contribution in [0.3, 0.4) is 0 Å². The van der Waals surface area contributed by atoms with Crippen LogP contribution in [0.25, 0.3) is 11.1 Å². The van der Waals surface area contributed by atoms with E-state index in [9.17, 15) is 13.2 Å². The monoisotopic (exact) mass is 322 g/mol. The van der Waals surface area contributed by atoms with E-state index < -0.39 is 11.7 Å². The van der Waals surface area contributed by atoms with Crippen LogP contribution in [0, 0.1) is 0 Å². The molecule has 0 amide bonds. The SMILES string of the molecule is Nc1ncc(-c2ccc(C(F)(F)F)cc2)c([C@@H]2CCCNC2)n1. The number of rotatable bonds is 2. The van der Waals surface area contributed by atoms with Crippen molar-refractivity contribution in [2.24, 2.45) is 0 Å². The molecule has 2 heterocycles. The maximum Gasteiger partial charge on any atom is 0.416 e. The van der Waals surface area contributed by atoms with Gasteiger partial charge in [-0.05, 0) is 37.1 Å². The molecule has 3 N–H and O–H groups in total. The van der Waals surface area contributed by atoms with Crippen LogP contribution in [0.5, 0.6) is 0 Å². The summed E-state index contributed by atoms with van der Waals surface area (Å²) in [6.45, 7) is 1.75. The zero-order valence-electron chi connectivity index (χ0n) is 12.4. The summed E-state index contributed by atoms with van der Waals surface area (Å²) in [4.78, 5) is 8.36. The molecule has 1 aliphatic rings. The summed E-state index contributed by atoms with van der Waals surface area (Å²) >= 11 is 0. The van der Waals surface area contributed by atoms with Gasteiger partial charge < -0.3 is 11.1 Å². The van der Waals surface area contributed by atoms with E-state index in [2.05, 4.69) is 15.3 Å². The van der Waals surface area contributed by atoms with Gasteiger partial charge in [-0.3, -0.25) is 0 Å². The highest BCUT2D eigenvalue weighted by atomic mass is 19.4. The van der Waals surface area contributed by atoms with Crippen LogP contribution >= 0.6 is 0 Å². The number of halogens is 3. The molecule has 0 saturated carbocycles. The van der Waals surface area contributed by atoms with E-state index in [0.717, 1.165) is 49.3 Å². The number of nitrogen functional groups attached to an aromatic ring is 1. The van der Waals surface area contributed by atoms with Crippen molar-refractivity contribution < 1.29 is 13.2 Å². The lowest BCUT2D eigenvalue weighted by Gasteiger charge is -2.24. The number of alkyl halides is 3. The van der Waals surface area contributed by atoms with Gasteiger partial charge in [0.1, 0.15) is 0 Å². The lowest BCUT2D eigenvalue weighted by Crippen LogP contribution is -2.29. The van der Waals surface area contributed by atoms with Crippen LogP contribution < -0.4 is 11.1 Å². The van der Waals surface area contributed by atoms with E-state index in [1.807, 2.05) is 0 Å². The third kappa shape index (κ3) is 3.44. The van der Waals surface area contributed by atoms with Crippen molar-refractivity contribution in [3.63, 3.8) is 0 Å². The molecule has 1 aliphatic heterocycles. The first-order valence-corrected chi connectivity index (χ1v) is 7.46. The molecule has 1 aromatic heterocycles. The number of hydrogen-bond donors (Lipinski definition) is 2. The van der Waals surface area contributed by atoms with Crippen LogP contribution in [0.1, 0.15) is 30.0 Å². The van der Waals surface area contributed by atoms with Crippen LogP contribution in [-0.4, -0.2) is 23.1 Å². The fourth-order valence-corrected chi connectivity index (χ4v) is 2.87. The van der Waals surface area contributed by atoms with Crippen molar-refractivity contribution in [1.82, 2.24) is 15.3 Å². The predicted octanol–water partition coefficient (Wildman–Crippen LogP) is 3.21. The first kappa shape index (κ1) is 15.7. The highest BCUT2D eigenvalue weighted by Gasteiger charge is 2.30. The molecule has 0 bridgehead atoms. The third-order valence-electron chi connectivity index (χ3n) is 4.04. The van der Waals surface area contributed by atoms with Gasteiger partial charge >= 0.3 is 6.18 Å². The van der Waals surface area contributed by atoms with Gasteiger partial charge in [0.25, 0.3) is 0 Å². The van der Waals surface area contributed by atoms with Crippen LogP contribution in [-0.2, 0) is 6.18 Å². The summed E-state index contributed by atoms with van der Waals surface area (Å²) in [6, 6.07) is 5.07. The standard InChI is InChI=1S/C16H17F3N4/c17-16(18,19)12-5-3-10(4-6-12)13-9-22-15(20)23-14(13)11-2-1-7-21-8-11/h3-6,9,11,21H,1-2,7-8H2,(H2,20,22,23)/t11-/m1/s1. The highest BCUT2D eigenvalue weighted by Crippen LogP contribution is 2.34. The summed E-state index contributed by atoms with van der Waals surface area (Å²) in [5.74, 6) is 0.368. The summed E-state index contributed by atoms with van der Waals surface area (Å²) in [5, 5.41) is 3.31. The largest absolute Gasteiger partial charge is 0.416 e. The molecule has 3 rings (SSSR count). The van der Waals surface area contributed by atoms with E-state index >= 15 is 0 Å². The lowest BCUT2D eigenvalue weighted by atomic mass is 9.90. The van der Waals surface area contributed by atoms with Crippen molar-refractivity contribution in [1.29, 1.82) is 0 Å². The summed E-state index contributed by atoms with van der Waals surface area (Å²) < 4.78 is 38.1.